The first-order valence-electron chi connectivity index (χ1n) is 10.5. The molecular weight excluding hydrogens is 436 g/mol. The molecule has 1 saturated heterocycles. The molecule has 1 aliphatic heterocycles. The van der Waals surface area contributed by atoms with Crippen LogP contribution < -0.4 is 5.32 Å². The van der Waals surface area contributed by atoms with Crippen molar-refractivity contribution in [2.45, 2.75) is 45.2 Å². The summed E-state index contributed by atoms with van der Waals surface area (Å²) in [5.74, 6) is -1.35. The van der Waals surface area contributed by atoms with E-state index in [4.69, 9.17) is 16.3 Å². The number of nitrogens with zero attached hydrogens (tertiary/aromatic N) is 1. The normalized spacial score (nSPS) is 17.8. The number of hydrogen-bond donors (Lipinski definition) is 1. The van der Waals surface area contributed by atoms with E-state index in [1.54, 1.807) is 40.5 Å². The predicted octanol–water partition coefficient (Wildman–Crippen LogP) is 4.45. The monoisotopic (exact) mass is 462 g/mol. The van der Waals surface area contributed by atoms with Crippen molar-refractivity contribution in [3.8, 4) is 0 Å². The molecule has 3 atom stereocenters. The summed E-state index contributed by atoms with van der Waals surface area (Å²) in [6.45, 7) is 4.12. The molecule has 166 valence electrons. The molecular formula is C23H27ClN2O4S. The summed E-state index contributed by atoms with van der Waals surface area (Å²) >= 11 is 7.50. The zero-order chi connectivity index (χ0) is 22.4. The Morgan fingerprint density at radius 3 is 2.65 bits per heavy atom. The summed E-state index contributed by atoms with van der Waals surface area (Å²) in [5, 5.41) is 5.27. The third kappa shape index (κ3) is 5.86. The number of thiophene rings is 1. The molecule has 0 bridgehead atoms. The Balaban J connectivity index is 1.60. The predicted molar refractivity (Wildman–Crippen MR) is 121 cm³/mol. The fourth-order valence-corrected chi connectivity index (χ4v) is 4.64. The van der Waals surface area contributed by atoms with Gasteiger partial charge in [0.05, 0.1) is 6.04 Å². The number of carbonyl (C=O) groups excluding carboxylic acids is 3. The van der Waals surface area contributed by atoms with E-state index in [0.29, 0.717) is 23.6 Å². The van der Waals surface area contributed by atoms with Crippen LogP contribution in [-0.4, -0.2) is 41.9 Å². The maximum atomic E-state index is 12.8. The number of ether oxygens (including phenoxy) is 1. The van der Waals surface area contributed by atoms with Crippen LogP contribution in [0.25, 0.3) is 0 Å². The van der Waals surface area contributed by atoms with Crippen molar-refractivity contribution in [3.05, 3.63) is 57.2 Å². The lowest BCUT2D eigenvalue weighted by atomic mass is 9.99. The van der Waals surface area contributed by atoms with E-state index in [1.807, 2.05) is 31.4 Å². The number of amides is 2. The topological polar surface area (TPSA) is 75.7 Å². The highest BCUT2D eigenvalue weighted by molar-refractivity contribution is 7.10. The van der Waals surface area contributed by atoms with Crippen LogP contribution in [0, 0.1) is 5.92 Å². The third-order valence-electron chi connectivity index (χ3n) is 5.64. The summed E-state index contributed by atoms with van der Waals surface area (Å²) in [6.07, 6.45) is 2.50. The van der Waals surface area contributed by atoms with Crippen LogP contribution in [0.4, 0.5) is 0 Å². The number of benzene rings is 1. The molecule has 2 heterocycles. The highest BCUT2D eigenvalue weighted by Gasteiger charge is 2.33. The van der Waals surface area contributed by atoms with Gasteiger partial charge in [0.2, 0.25) is 0 Å². The standard InChI is InChI=1S/C23H27ClN2O4S/c1-3-15(2)21(25-22(28)16-8-10-17(24)11-9-16)23(29)30-14-20(27)26-12-4-6-18(26)19-7-5-13-31-19/h5,7-11,13,15,18,21H,3-4,6,12,14H2,1-2H3,(H,25,28)/t15-,18?,21-/m0/s1. The van der Waals surface area contributed by atoms with Crippen LogP contribution in [0.2, 0.25) is 5.02 Å². The van der Waals surface area contributed by atoms with Gasteiger partial charge in [-0.1, -0.05) is 37.9 Å². The van der Waals surface area contributed by atoms with Crippen molar-refractivity contribution in [1.29, 1.82) is 0 Å². The summed E-state index contributed by atoms with van der Waals surface area (Å²) in [6, 6.07) is 9.63. The SMILES string of the molecule is CC[C@H](C)[C@H](NC(=O)c1ccc(Cl)cc1)C(=O)OCC(=O)N1CCCC1c1cccs1. The van der Waals surface area contributed by atoms with Crippen LogP contribution >= 0.6 is 22.9 Å². The molecule has 0 spiro atoms. The van der Waals surface area contributed by atoms with Crippen LogP contribution in [0.3, 0.4) is 0 Å². The van der Waals surface area contributed by atoms with Gasteiger partial charge in [0.25, 0.3) is 11.8 Å². The fraction of sp³-hybridized carbons (Fsp3) is 0.435. The van der Waals surface area contributed by atoms with E-state index in [0.717, 1.165) is 17.7 Å². The molecule has 1 aromatic carbocycles. The molecule has 1 fully saturated rings. The average molecular weight is 463 g/mol. The second-order valence-corrected chi connectivity index (χ2v) is 9.13. The van der Waals surface area contributed by atoms with E-state index >= 15 is 0 Å². The Bertz CT molecular complexity index is 901. The minimum atomic E-state index is -0.840. The fourth-order valence-electron chi connectivity index (χ4n) is 3.64. The lowest BCUT2D eigenvalue weighted by Crippen LogP contribution is -2.47. The van der Waals surface area contributed by atoms with Gasteiger partial charge in [-0.25, -0.2) is 4.79 Å². The second-order valence-electron chi connectivity index (χ2n) is 7.71. The molecule has 1 aliphatic rings. The number of hydrogen-bond acceptors (Lipinski definition) is 5. The van der Waals surface area contributed by atoms with E-state index in [-0.39, 0.29) is 30.4 Å². The number of esters is 1. The Morgan fingerprint density at radius 2 is 2.00 bits per heavy atom. The average Bonchev–Trinajstić information content (AvgIpc) is 3.47. The van der Waals surface area contributed by atoms with Crippen LogP contribution in [0.15, 0.2) is 41.8 Å². The van der Waals surface area contributed by atoms with Crippen LogP contribution in [0.1, 0.15) is 54.4 Å². The number of nitrogens with one attached hydrogen (secondary N) is 1. The lowest BCUT2D eigenvalue weighted by Gasteiger charge is -2.25. The summed E-state index contributed by atoms with van der Waals surface area (Å²) in [4.78, 5) is 41.0. The van der Waals surface area contributed by atoms with Crippen molar-refractivity contribution in [2.24, 2.45) is 5.92 Å². The molecule has 6 nitrogen and oxygen atoms in total. The minimum Gasteiger partial charge on any atom is -0.454 e. The Labute approximate surface area is 191 Å². The molecule has 1 N–H and O–H groups in total. The second kappa shape index (κ2) is 10.8. The minimum absolute atomic E-state index is 0.0428. The number of halogens is 1. The van der Waals surface area contributed by atoms with Crippen molar-refractivity contribution in [3.63, 3.8) is 0 Å². The highest BCUT2D eigenvalue weighted by Crippen LogP contribution is 2.34. The quantitative estimate of drug-likeness (QED) is 0.588. The van der Waals surface area contributed by atoms with E-state index < -0.39 is 12.0 Å². The molecule has 0 saturated carbocycles. The molecule has 1 aromatic heterocycles. The molecule has 1 unspecified atom stereocenters. The largest absolute Gasteiger partial charge is 0.454 e. The number of rotatable bonds is 8. The molecule has 2 amide bonds. The van der Waals surface area contributed by atoms with Crippen molar-refractivity contribution >= 4 is 40.7 Å². The van der Waals surface area contributed by atoms with Gasteiger partial charge in [-0.2, -0.15) is 0 Å². The van der Waals surface area contributed by atoms with Gasteiger partial charge in [-0.3, -0.25) is 9.59 Å². The molecule has 0 radical (unpaired) electrons. The molecule has 8 heteroatoms. The first-order chi connectivity index (χ1) is 14.9. The first-order valence-corrected chi connectivity index (χ1v) is 11.7. The number of likely N-dealkylation sites (tertiary alicyclic amines) is 1. The molecule has 3 rings (SSSR count). The summed E-state index contributed by atoms with van der Waals surface area (Å²) in [7, 11) is 0. The van der Waals surface area contributed by atoms with Gasteiger partial charge in [0, 0.05) is 22.0 Å². The van der Waals surface area contributed by atoms with Crippen molar-refractivity contribution in [2.75, 3.05) is 13.2 Å². The first kappa shape index (κ1) is 23.3. The van der Waals surface area contributed by atoms with Crippen LogP contribution in [0.5, 0.6) is 0 Å². The van der Waals surface area contributed by atoms with Gasteiger partial charge in [0.1, 0.15) is 6.04 Å². The Kier molecular flexibility index (Phi) is 8.09. The van der Waals surface area contributed by atoms with E-state index in [1.165, 1.54) is 0 Å². The molecule has 0 aliphatic carbocycles. The Hall–Kier alpha value is -2.38. The van der Waals surface area contributed by atoms with E-state index in [9.17, 15) is 14.4 Å². The zero-order valence-corrected chi connectivity index (χ0v) is 19.2. The van der Waals surface area contributed by atoms with Crippen molar-refractivity contribution < 1.29 is 19.1 Å². The third-order valence-corrected chi connectivity index (χ3v) is 6.87. The van der Waals surface area contributed by atoms with Gasteiger partial charge in [0.15, 0.2) is 6.61 Å². The molecule has 2 aromatic rings. The van der Waals surface area contributed by atoms with Gasteiger partial charge < -0.3 is 15.0 Å². The smallest absolute Gasteiger partial charge is 0.329 e. The van der Waals surface area contributed by atoms with Gasteiger partial charge in [-0.05, 0) is 54.5 Å². The maximum Gasteiger partial charge on any atom is 0.329 e. The van der Waals surface area contributed by atoms with E-state index in [2.05, 4.69) is 5.32 Å². The highest BCUT2D eigenvalue weighted by atomic mass is 35.5. The zero-order valence-electron chi connectivity index (χ0n) is 17.7. The van der Waals surface area contributed by atoms with Crippen molar-refractivity contribution in [1.82, 2.24) is 10.2 Å². The summed E-state index contributed by atoms with van der Waals surface area (Å²) < 4.78 is 5.36. The maximum absolute atomic E-state index is 12.8. The Morgan fingerprint density at radius 1 is 1.26 bits per heavy atom. The molecule has 31 heavy (non-hydrogen) atoms. The van der Waals surface area contributed by atoms with Gasteiger partial charge >= 0.3 is 5.97 Å². The lowest BCUT2D eigenvalue weighted by molar-refractivity contribution is -0.155. The summed E-state index contributed by atoms with van der Waals surface area (Å²) in [5.41, 5.74) is 0.400. The number of carbonyl (C=O) groups is 3. The van der Waals surface area contributed by atoms with Gasteiger partial charge in [-0.15, -0.1) is 11.3 Å². The van der Waals surface area contributed by atoms with Crippen LogP contribution in [-0.2, 0) is 14.3 Å².